The maximum atomic E-state index is 13.0. The number of carbonyl (C=O) groups excluding carboxylic acids is 1. The minimum atomic E-state index is -0.259. The van der Waals surface area contributed by atoms with Gasteiger partial charge in [0.1, 0.15) is 5.82 Å². The molecule has 1 N–H and O–H groups in total. The minimum Gasteiger partial charge on any atom is -0.332 e. The van der Waals surface area contributed by atoms with Gasteiger partial charge < -0.3 is 10.2 Å². The number of carbonyl (C=O) groups is 1. The first kappa shape index (κ1) is 17.6. The van der Waals surface area contributed by atoms with Gasteiger partial charge in [-0.2, -0.15) is 0 Å². The molecule has 1 aromatic carbocycles. The molecule has 0 aliphatic heterocycles. The van der Waals surface area contributed by atoms with Crippen molar-refractivity contribution in [3.63, 3.8) is 0 Å². The molecule has 0 unspecified atom stereocenters. The Labute approximate surface area is 141 Å². The van der Waals surface area contributed by atoms with E-state index in [4.69, 9.17) is 0 Å². The Morgan fingerprint density at radius 3 is 2.52 bits per heavy atom. The third kappa shape index (κ3) is 5.77. The van der Waals surface area contributed by atoms with Crippen LogP contribution in [0, 0.1) is 12.7 Å². The van der Waals surface area contributed by atoms with Crippen LogP contribution < -0.4 is 5.32 Å². The third-order valence-electron chi connectivity index (χ3n) is 3.49. The summed E-state index contributed by atoms with van der Waals surface area (Å²) in [5.74, 6) is -0.195. The summed E-state index contributed by atoms with van der Waals surface area (Å²) in [5.41, 5.74) is 0.934. The van der Waals surface area contributed by atoms with Crippen molar-refractivity contribution in [3.8, 4) is 0 Å². The molecule has 1 amide bonds. The van der Waals surface area contributed by atoms with Crippen LogP contribution in [0.25, 0.3) is 0 Å². The lowest BCUT2D eigenvalue weighted by Gasteiger charge is -2.22. The van der Waals surface area contributed by atoms with Gasteiger partial charge in [-0.1, -0.05) is 19.1 Å². The first-order chi connectivity index (χ1) is 11.1. The molecular weight excluding hydrogens is 311 g/mol. The maximum absolute atomic E-state index is 13.0. The average molecular weight is 334 g/mol. The van der Waals surface area contributed by atoms with E-state index in [2.05, 4.69) is 31.3 Å². The first-order valence-corrected chi connectivity index (χ1v) is 8.68. The van der Waals surface area contributed by atoms with Crippen LogP contribution in [0.5, 0.6) is 0 Å². The van der Waals surface area contributed by atoms with E-state index in [1.165, 1.54) is 17.0 Å². The zero-order valence-electron chi connectivity index (χ0n) is 13.6. The van der Waals surface area contributed by atoms with Gasteiger partial charge in [-0.15, -0.1) is 11.3 Å². The van der Waals surface area contributed by atoms with E-state index in [1.54, 1.807) is 23.5 Å². The molecule has 2 aromatic rings. The van der Waals surface area contributed by atoms with E-state index in [0.29, 0.717) is 19.6 Å². The second-order valence-corrected chi connectivity index (χ2v) is 6.94. The van der Waals surface area contributed by atoms with Crippen molar-refractivity contribution in [1.29, 1.82) is 0 Å². The number of benzene rings is 1. The molecule has 0 aliphatic carbocycles. The van der Waals surface area contributed by atoms with Gasteiger partial charge in [0.15, 0.2) is 0 Å². The number of nitrogens with zero attached hydrogens (tertiary/aromatic N) is 1. The quantitative estimate of drug-likeness (QED) is 0.746. The molecule has 5 heteroatoms. The Kier molecular flexibility index (Phi) is 6.74. The summed E-state index contributed by atoms with van der Waals surface area (Å²) in [7, 11) is 0. The minimum absolute atomic E-state index is 0.0637. The normalized spacial score (nSPS) is 10.7. The summed E-state index contributed by atoms with van der Waals surface area (Å²) in [6.07, 6.45) is 0.995. The van der Waals surface area contributed by atoms with Crippen molar-refractivity contribution >= 4 is 17.2 Å². The number of halogens is 1. The van der Waals surface area contributed by atoms with E-state index in [-0.39, 0.29) is 11.7 Å². The van der Waals surface area contributed by atoms with Gasteiger partial charge in [0.2, 0.25) is 5.91 Å². The number of hydrogen-bond donors (Lipinski definition) is 1. The molecule has 0 bridgehead atoms. The Morgan fingerprint density at radius 1 is 1.17 bits per heavy atom. The predicted molar refractivity (Wildman–Crippen MR) is 92.9 cm³/mol. The smallest absolute Gasteiger partial charge is 0.237 e. The van der Waals surface area contributed by atoms with Crippen LogP contribution >= 0.6 is 11.3 Å². The Bertz CT molecular complexity index is 624. The molecule has 2 rings (SSSR count). The Morgan fingerprint density at radius 2 is 1.91 bits per heavy atom. The number of thiophene rings is 1. The fraction of sp³-hybridized carbons (Fsp3) is 0.389. The molecule has 1 aromatic heterocycles. The number of hydrogen-bond acceptors (Lipinski definition) is 3. The van der Waals surface area contributed by atoms with Crippen LogP contribution in [0.2, 0.25) is 0 Å². The molecule has 0 saturated carbocycles. The lowest BCUT2D eigenvalue weighted by molar-refractivity contribution is -0.131. The van der Waals surface area contributed by atoms with Crippen LogP contribution in [-0.2, 0) is 17.9 Å². The zero-order valence-corrected chi connectivity index (χ0v) is 14.5. The molecule has 0 aliphatic rings. The molecular formula is C18H23FN2OS. The summed E-state index contributed by atoms with van der Waals surface area (Å²) in [4.78, 5) is 16.7. The van der Waals surface area contributed by atoms with Crippen molar-refractivity contribution in [2.75, 3.05) is 13.1 Å². The lowest BCUT2D eigenvalue weighted by Crippen LogP contribution is -2.37. The third-order valence-corrected chi connectivity index (χ3v) is 4.47. The maximum Gasteiger partial charge on any atom is 0.237 e. The van der Waals surface area contributed by atoms with E-state index in [9.17, 15) is 9.18 Å². The van der Waals surface area contributed by atoms with Gasteiger partial charge in [0.25, 0.3) is 0 Å². The highest BCUT2D eigenvalue weighted by Gasteiger charge is 2.15. The number of nitrogens with one attached hydrogen (secondary N) is 1. The van der Waals surface area contributed by atoms with E-state index < -0.39 is 0 Å². The molecule has 0 radical (unpaired) electrons. The van der Waals surface area contributed by atoms with Gasteiger partial charge in [0.05, 0.1) is 13.1 Å². The van der Waals surface area contributed by atoms with Crippen LogP contribution in [-0.4, -0.2) is 23.9 Å². The van der Waals surface area contributed by atoms with E-state index in [1.807, 2.05) is 4.90 Å². The van der Waals surface area contributed by atoms with Crippen molar-refractivity contribution in [1.82, 2.24) is 10.2 Å². The highest BCUT2D eigenvalue weighted by atomic mass is 32.1. The van der Waals surface area contributed by atoms with E-state index in [0.717, 1.165) is 23.4 Å². The number of rotatable bonds is 8. The molecule has 0 atom stereocenters. The summed E-state index contributed by atoms with van der Waals surface area (Å²) in [6, 6.07) is 10.5. The SMILES string of the molecule is CCCNCC(=O)N(Cc1ccc(F)cc1)Cc1ccc(C)s1. The zero-order chi connectivity index (χ0) is 16.7. The Balaban J connectivity index is 2.06. The van der Waals surface area contributed by atoms with Gasteiger partial charge >= 0.3 is 0 Å². The van der Waals surface area contributed by atoms with Crippen molar-refractivity contribution in [3.05, 3.63) is 57.5 Å². The monoisotopic (exact) mass is 334 g/mol. The fourth-order valence-electron chi connectivity index (χ4n) is 2.28. The van der Waals surface area contributed by atoms with Gasteiger partial charge in [-0.25, -0.2) is 4.39 Å². The second kappa shape index (κ2) is 8.79. The van der Waals surface area contributed by atoms with E-state index >= 15 is 0 Å². The second-order valence-electron chi connectivity index (χ2n) is 5.57. The summed E-state index contributed by atoms with van der Waals surface area (Å²) < 4.78 is 13.0. The molecule has 0 saturated heterocycles. The molecule has 0 spiro atoms. The average Bonchev–Trinajstić information content (AvgIpc) is 2.94. The molecule has 124 valence electrons. The molecule has 23 heavy (non-hydrogen) atoms. The standard InChI is InChI=1S/C18H23FN2OS/c1-3-10-20-11-18(22)21(13-17-9-4-14(2)23-17)12-15-5-7-16(19)8-6-15/h4-9,20H,3,10-13H2,1-2H3. The highest BCUT2D eigenvalue weighted by Crippen LogP contribution is 2.18. The predicted octanol–water partition coefficient (Wildman–Crippen LogP) is 3.72. The lowest BCUT2D eigenvalue weighted by atomic mass is 10.2. The summed E-state index contributed by atoms with van der Waals surface area (Å²) in [5, 5.41) is 3.15. The molecule has 3 nitrogen and oxygen atoms in total. The summed E-state index contributed by atoms with van der Waals surface area (Å²) in [6.45, 7) is 6.37. The van der Waals surface area contributed by atoms with Crippen molar-refractivity contribution in [2.45, 2.75) is 33.4 Å². The summed E-state index contributed by atoms with van der Waals surface area (Å²) >= 11 is 1.70. The van der Waals surface area contributed by atoms with Gasteiger partial charge in [-0.05, 0) is 49.7 Å². The number of aryl methyl sites for hydroxylation is 1. The van der Waals surface area contributed by atoms with Crippen LogP contribution in [0.4, 0.5) is 4.39 Å². The van der Waals surface area contributed by atoms with Crippen molar-refractivity contribution in [2.24, 2.45) is 0 Å². The highest BCUT2D eigenvalue weighted by molar-refractivity contribution is 7.11. The van der Waals surface area contributed by atoms with Crippen LogP contribution in [0.3, 0.4) is 0 Å². The topological polar surface area (TPSA) is 32.3 Å². The van der Waals surface area contributed by atoms with Crippen LogP contribution in [0.1, 0.15) is 28.7 Å². The first-order valence-electron chi connectivity index (χ1n) is 7.86. The van der Waals surface area contributed by atoms with Crippen LogP contribution in [0.15, 0.2) is 36.4 Å². The molecule has 1 heterocycles. The largest absolute Gasteiger partial charge is 0.332 e. The Hall–Kier alpha value is -1.72. The molecule has 0 fully saturated rings. The van der Waals surface area contributed by atoms with Crippen molar-refractivity contribution < 1.29 is 9.18 Å². The fourth-order valence-corrected chi connectivity index (χ4v) is 3.19. The number of amides is 1. The van der Waals surface area contributed by atoms with Gasteiger partial charge in [-0.3, -0.25) is 4.79 Å². The van der Waals surface area contributed by atoms with Gasteiger partial charge in [0, 0.05) is 16.3 Å².